The Bertz CT molecular complexity index is 639. The van der Waals surface area contributed by atoms with Crippen molar-refractivity contribution < 1.29 is 9.53 Å². The van der Waals surface area contributed by atoms with E-state index in [0.29, 0.717) is 12.3 Å². The Hall–Kier alpha value is -1.36. The number of rotatable bonds is 2. The summed E-state index contributed by atoms with van der Waals surface area (Å²) in [5.41, 5.74) is 1.96. The maximum Gasteiger partial charge on any atom is 0.358 e. The molecule has 2 aromatic heterocycles. The molecule has 102 valence electrons. The second kappa shape index (κ2) is 4.34. The molecule has 0 fully saturated rings. The first kappa shape index (κ1) is 12.7. The Morgan fingerprint density at radius 3 is 3.11 bits per heavy atom. The molecule has 2 heterocycles. The van der Waals surface area contributed by atoms with Gasteiger partial charge < -0.3 is 4.74 Å². The number of hydrogen-bond donors (Lipinski definition) is 0. The molecule has 0 unspecified atom stereocenters. The second-order valence-corrected chi connectivity index (χ2v) is 6.59. The van der Waals surface area contributed by atoms with Crippen LogP contribution in [0.4, 0.5) is 0 Å². The first-order valence-electron chi connectivity index (χ1n) is 6.71. The van der Waals surface area contributed by atoms with E-state index in [2.05, 4.69) is 23.2 Å². The monoisotopic (exact) mass is 278 g/mol. The average Bonchev–Trinajstić information content (AvgIpc) is 2.88. The third-order valence-electron chi connectivity index (χ3n) is 3.73. The standard InChI is InChI=1S/C14H18N2O2S/c1-4-18-12(17)9-8-16-10-6-5-7-14(2,3)11(10)19-13(16)15-9/h8H,4-7H2,1-3H3. The topological polar surface area (TPSA) is 43.6 Å². The van der Waals surface area contributed by atoms with Crippen molar-refractivity contribution in [2.75, 3.05) is 6.61 Å². The fraction of sp³-hybridized carbons (Fsp3) is 0.571. The van der Waals surface area contributed by atoms with Crippen LogP contribution in [0.25, 0.3) is 4.96 Å². The number of hydrogen-bond acceptors (Lipinski definition) is 4. The van der Waals surface area contributed by atoms with Crippen LogP contribution in [0.2, 0.25) is 0 Å². The molecule has 0 spiro atoms. The Morgan fingerprint density at radius 2 is 2.37 bits per heavy atom. The van der Waals surface area contributed by atoms with Crippen molar-refractivity contribution in [2.24, 2.45) is 0 Å². The zero-order chi connectivity index (χ0) is 13.6. The fourth-order valence-corrected chi connectivity index (χ4v) is 4.05. The van der Waals surface area contributed by atoms with E-state index in [1.807, 2.05) is 6.20 Å². The Kier molecular flexibility index (Phi) is 2.89. The number of aryl methyl sites for hydroxylation is 1. The molecule has 2 aromatic rings. The quantitative estimate of drug-likeness (QED) is 0.792. The summed E-state index contributed by atoms with van der Waals surface area (Å²) >= 11 is 1.71. The molecule has 19 heavy (non-hydrogen) atoms. The number of imidazole rings is 1. The molecule has 3 rings (SSSR count). The minimum Gasteiger partial charge on any atom is -0.461 e. The van der Waals surface area contributed by atoms with Gasteiger partial charge >= 0.3 is 5.97 Å². The van der Waals surface area contributed by atoms with E-state index in [1.54, 1.807) is 18.3 Å². The van der Waals surface area contributed by atoms with Crippen LogP contribution >= 0.6 is 11.3 Å². The fourth-order valence-electron chi connectivity index (χ4n) is 2.77. The lowest BCUT2D eigenvalue weighted by Gasteiger charge is -2.28. The maximum absolute atomic E-state index is 11.7. The van der Waals surface area contributed by atoms with Crippen LogP contribution in [0.3, 0.4) is 0 Å². The first-order chi connectivity index (χ1) is 9.03. The van der Waals surface area contributed by atoms with Gasteiger partial charge in [0.1, 0.15) is 0 Å². The molecule has 0 aromatic carbocycles. The summed E-state index contributed by atoms with van der Waals surface area (Å²) in [6.07, 6.45) is 5.30. The average molecular weight is 278 g/mol. The molecular formula is C14H18N2O2S. The minimum absolute atomic E-state index is 0.225. The lowest BCUT2D eigenvalue weighted by Crippen LogP contribution is -2.22. The Labute approximate surface area is 116 Å². The molecule has 0 aliphatic heterocycles. The lowest BCUT2D eigenvalue weighted by molar-refractivity contribution is 0.0520. The summed E-state index contributed by atoms with van der Waals surface area (Å²) in [6.45, 7) is 6.76. The molecule has 5 heteroatoms. The SMILES string of the molecule is CCOC(=O)c1cn2c3c(sc2n1)C(C)(C)CCC3. The summed E-state index contributed by atoms with van der Waals surface area (Å²) in [7, 11) is 0. The maximum atomic E-state index is 11.7. The normalized spacial score (nSPS) is 17.4. The number of esters is 1. The first-order valence-corrected chi connectivity index (χ1v) is 7.53. The van der Waals surface area contributed by atoms with Crippen molar-refractivity contribution in [1.29, 1.82) is 0 Å². The highest BCUT2D eigenvalue weighted by molar-refractivity contribution is 7.17. The molecular weight excluding hydrogens is 260 g/mol. The smallest absolute Gasteiger partial charge is 0.358 e. The molecule has 1 aliphatic rings. The number of aromatic nitrogens is 2. The van der Waals surface area contributed by atoms with Crippen molar-refractivity contribution in [1.82, 2.24) is 9.38 Å². The number of nitrogens with zero attached hydrogens (tertiary/aromatic N) is 2. The molecule has 0 bridgehead atoms. The molecule has 0 amide bonds. The minimum atomic E-state index is -0.331. The highest BCUT2D eigenvalue weighted by Gasteiger charge is 2.32. The van der Waals surface area contributed by atoms with Gasteiger partial charge in [0, 0.05) is 22.2 Å². The van der Waals surface area contributed by atoms with Crippen LogP contribution in [-0.4, -0.2) is 22.0 Å². The van der Waals surface area contributed by atoms with Gasteiger partial charge in [0.25, 0.3) is 0 Å². The van der Waals surface area contributed by atoms with Crippen molar-refractivity contribution >= 4 is 22.3 Å². The number of fused-ring (bicyclic) bond motifs is 3. The third-order valence-corrected chi connectivity index (χ3v) is 5.20. The highest BCUT2D eigenvalue weighted by Crippen LogP contribution is 2.41. The molecule has 1 aliphatic carbocycles. The van der Waals surface area contributed by atoms with E-state index in [4.69, 9.17) is 4.74 Å². The number of ether oxygens (including phenoxy) is 1. The van der Waals surface area contributed by atoms with Crippen molar-refractivity contribution in [3.8, 4) is 0 Å². The summed E-state index contributed by atoms with van der Waals surface area (Å²) in [5.74, 6) is -0.331. The van der Waals surface area contributed by atoms with Crippen LogP contribution < -0.4 is 0 Å². The van der Waals surface area contributed by atoms with Crippen LogP contribution in [0, 0.1) is 0 Å². The van der Waals surface area contributed by atoms with Gasteiger partial charge in [0.15, 0.2) is 10.7 Å². The largest absolute Gasteiger partial charge is 0.461 e. The Balaban J connectivity index is 2.08. The van der Waals surface area contributed by atoms with Crippen molar-refractivity contribution in [2.45, 2.75) is 45.4 Å². The van der Waals surface area contributed by atoms with Gasteiger partial charge in [0.05, 0.1) is 6.61 Å². The van der Waals surface area contributed by atoms with Gasteiger partial charge in [0.2, 0.25) is 0 Å². The van der Waals surface area contributed by atoms with Crippen molar-refractivity contribution in [3.05, 3.63) is 22.5 Å². The molecule has 0 N–H and O–H groups in total. The predicted octanol–water partition coefficient (Wildman–Crippen LogP) is 3.19. The molecule has 0 atom stereocenters. The van der Waals surface area contributed by atoms with Gasteiger partial charge in [-0.1, -0.05) is 13.8 Å². The third kappa shape index (κ3) is 1.96. The van der Waals surface area contributed by atoms with Crippen LogP contribution in [0.5, 0.6) is 0 Å². The number of thiazole rings is 1. The van der Waals surface area contributed by atoms with E-state index in [1.165, 1.54) is 23.4 Å². The van der Waals surface area contributed by atoms with E-state index >= 15 is 0 Å². The van der Waals surface area contributed by atoms with Crippen LogP contribution in [0.15, 0.2) is 6.20 Å². The van der Waals surface area contributed by atoms with E-state index in [-0.39, 0.29) is 11.4 Å². The molecule has 0 saturated carbocycles. The summed E-state index contributed by atoms with van der Waals surface area (Å²) in [4.78, 5) is 18.4. The molecule has 0 saturated heterocycles. The van der Waals surface area contributed by atoms with E-state index < -0.39 is 0 Å². The van der Waals surface area contributed by atoms with Crippen LogP contribution in [-0.2, 0) is 16.6 Å². The summed E-state index contributed by atoms with van der Waals surface area (Å²) < 4.78 is 7.08. The Morgan fingerprint density at radius 1 is 1.58 bits per heavy atom. The van der Waals surface area contributed by atoms with Gasteiger partial charge in [-0.3, -0.25) is 4.40 Å². The van der Waals surface area contributed by atoms with Gasteiger partial charge in [-0.25, -0.2) is 9.78 Å². The zero-order valence-corrected chi connectivity index (χ0v) is 12.3. The predicted molar refractivity (Wildman–Crippen MR) is 75.0 cm³/mol. The second-order valence-electron chi connectivity index (χ2n) is 5.61. The lowest BCUT2D eigenvalue weighted by atomic mass is 9.80. The molecule has 0 radical (unpaired) electrons. The summed E-state index contributed by atoms with van der Waals surface area (Å²) in [6, 6.07) is 0. The van der Waals surface area contributed by atoms with E-state index in [9.17, 15) is 4.79 Å². The number of carbonyl (C=O) groups is 1. The van der Waals surface area contributed by atoms with Crippen LogP contribution in [0.1, 0.15) is 54.7 Å². The van der Waals surface area contributed by atoms with Gasteiger partial charge in [-0.15, -0.1) is 11.3 Å². The van der Waals surface area contributed by atoms with E-state index in [0.717, 1.165) is 11.4 Å². The van der Waals surface area contributed by atoms with Gasteiger partial charge in [-0.2, -0.15) is 0 Å². The summed E-state index contributed by atoms with van der Waals surface area (Å²) in [5, 5.41) is 0. The highest BCUT2D eigenvalue weighted by atomic mass is 32.1. The van der Waals surface area contributed by atoms with Gasteiger partial charge in [-0.05, 0) is 26.2 Å². The van der Waals surface area contributed by atoms with Crippen molar-refractivity contribution in [3.63, 3.8) is 0 Å². The zero-order valence-electron chi connectivity index (χ0n) is 11.5. The molecule has 4 nitrogen and oxygen atoms in total. The number of carbonyl (C=O) groups excluding carboxylic acids is 1.